The molecule has 0 bridgehead atoms. The number of ether oxygens (including phenoxy) is 1. The van der Waals surface area contributed by atoms with Gasteiger partial charge in [-0.05, 0) is 13.0 Å². The molecule has 0 unspecified atom stereocenters. The summed E-state index contributed by atoms with van der Waals surface area (Å²) in [4.78, 5) is 24.7. The molecular formula is C19H26N4O2S. The SMILES string of the molecule is Cc1nc(C(C)(C)C)sc1C(=O)NCc1cccnc1N1CCOCC1. The van der Waals surface area contributed by atoms with Crippen molar-refractivity contribution in [3.63, 3.8) is 0 Å². The van der Waals surface area contributed by atoms with Gasteiger partial charge in [0.2, 0.25) is 0 Å². The lowest BCUT2D eigenvalue weighted by Crippen LogP contribution is -2.37. The molecule has 1 aliphatic rings. The van der Waals surface area contributed by atoms with Crippen LogP contribution in [0.2, 0.25) is 0 Å². The number of pyridine rings is 1. The molecule has 1 fully saturated rings. The summed E-state index contributed by atoms with van der Waals surface area (Å²) in [5.41, 5.74) is 1.75. The third-order valence-corrected chi connectivity index (χ3v) is 5.84. The lowest BCUT2D eigenvalue weighted by Gasteiger charge is -2.29. The van der Waals surface area contributed by atoms with Crippen molar-refractivity contribution in [3.8, 4) is 0 Å². The molecule has 140 valence electrons. The maximum atomic E-state index is 12.7. The maximum Gasteiger partial charge on any atom is 0.263 e. The number of morpholine rings is 1. The monoisotopic (exact) mass is 374 g/mol. The van der Waals surface area contributed by atoms with Crippen LogP contribution in [0.25, 0.3) is 0 Å². The Morgan fingerprint density at radius 1 is 1.35 bits per heavy atom. The highest BCUT2D eigenvalue weighted by atomic mass is 32.1. The van der Waals surface area contributed by atoms with Crippen LogP contribution in [0.4, 0.5) is 5.82 Å². The van der Waals surface area contributed by atoms with Gasteiger partial charge in [-0.25, -0.2) is 9.97 Å². The number of rotatable bonds is 4. The summed E-state index contributed by atoms with van der Waals surface area (Å²) in [6.07, 6.45) is 1.79. The number of carbonyl (C=O) groups excluding carboxylic acids is 1. The number of nitrogens with one attached hydrogen (secondary N) is 1. The largest absolute Gasteiger partial charge is 0.378 e. The first kappa shape index (κ1) is 18.8. The fourth-order valence-corrected chi connectivity index (χ4v) is 3.85. The number of nitrogens with zero attached hydrogens (tertiary/aromatic N) is 3. The first-order valence-corrected chi connectivity index (χ1v) is 9.70. The summed E-state index contributed by atoms with van der Waals surface area (Å²) in [7, 11) is 0. The summed E-state index contributed by atoms with van der Waals surface area (Å²) in [5.74, 6) is 0.847. The molecule has 0 saturated carbocycles. The van der Waals surface area contributed by atoms with E-state index in [0.29, 0.717) is 24.6 Å². The second-order valence-electron chi connectivity index (χ2n) is 7.45. The van der Waals surface area contributed by atoms with Gasteiger partial charge in [-0.1, -0.05) is 26.8 Å². The number of aryl methyl sites for hydroxylation is 1. The highest BCUT2D eigenvalue weighted by Crippen LogP contribution is 2.29. The third-order valence-electron chi connectivity index (χ3n) is 4.26. The Kier molecular flexibility index (Phi) is 5.58. The highest BCUT2D eigenvalue weighted by Gasteiger charge is 2.23. The maximum absolute atomic E-state index is 12.7. The van der Waals surface area contributed by atoms with Crippen molar-refractivity contribution in [3.05, 3.63) is 39.5 Å². The molecule has 0 atom stereocenters. The summed E-state index contributed by atoms with van der Waals surface area (Å²) in [5, 5.41) is 4.02. The minimum Gasteiger partial charge on any atom is -0.378 e. The molecule has 26 heavy (non-hydrogen) atoms. The van der Waals surface area contributed by atoms with Crippen molar-refractivity contribution in [1.29, 1.82) is 0 Å². The van der Waals surface area contributed by atoms with Crippen molar-refractivity contribution >= 4 is 23.1 Å². The average Bonchev–Trinajstić information content (AvgIpc) is 3.03. The van der Waals surface area contributed by atoms with Crippen LogP contribution in [0, 0.1) is 6.92 Å². The first-order valence-electron chi connectivity index (χ1n) is 8.89. The lowest BCUT2D eigenvalue weighted by molar-refractivity contribution is 0.0954. The Morgan fingerprint density at radius 3 is 2.73 bits per heavy atom. The molecule has 3 rings (SSSR count). The van der Waals surface area contributed by atoms with E-state index in [1.807, 2.05) is 19.1 Å². The molecular weight excluding hydrogens is 348 g/mol. The standard InChI is InChI=1S/C19H26N4O2S/c1-13-15(26-18(22-13)19(2,3)4)17(24)21-12-14-6-5-7-20-16(14)23-8-10-25-11-9-23/h5-7H,8-12H2,1-4H3,(H,21,24). The van der Waals surface area contributed by atoms with Gasteiger partial charge in [0.25, 0.3) is 5.91 Å². The summed E-state index contributed by atoms with van der Waals surface area (Å²) < 4.78 is 5.42. The van der Waals surface area contributed by atoms with E-state index in [0.717, 1.165) is 35.2 Å². The highest BCUT2D eigenvalue weighted by molar-refractivity contribution is 7.14. The van der Waals surface area contributed by atoms with Gasteiger partial charge >= 0.3 is 0 Å². The fourth-order valence-electron chi connectivity index (χ4n) is 2.81. The summed E-state index contributed by atoms with van der Waals surface area (Å²) in [6.45, 7) is 11.7. The molecule has 0 aromatic carbocycles. The predicted octanol–water partition coefficient (Wildman–Crippen LogP) is 2.91. The van der Waals surface area contributed by atoms with Crippen LogP contribution in [-0.2, 0) is 16.7 Å². The van der Waals surface area contributed by atoms with E-state index >= 15 is 0 Å². The second kappa shape index (κ2) is 7.72. The molecule has 0 radical (unpaired) electrons. The number of amides is 1. The van der Waals surface area contributed by atoms with E-state index in [2.05, 4.69) is 41.0 Å². The van der Waals surface area contributed by atoms with Crippen molar-refractivity contribution < 1.29 is 9.53 Å². The molecule has 7 heteroatoms. The topological polar surface area (TPSA) is 67.4 Å². The Balaban J connectivity index is 1.71. The van der Waals surface area contributed by atoms with E-state index in [4.69, 9.17) is 4.74 Å². The molecule has 0 aliphatic carbocycles. The molecule has 3 heterocycles. The Bertz CT molecular complexity index is 776. The summed E-state index contributed by atoms with van der Waals surface area (Å²) in [6, 6.07) is 3.92. The van der Waals surface area contributed by atoms with Crippen LogP contribution in [0.1, 0.15) is 46.7 Å². The van der Waals surface area contributed by atoms with Gasteiger partial charge in [0.05, 0.1) is 23.9 Å². The van der Waals surface area contributed by atoms with Gasteiger partial charge in [-0.3, -0.25) is 4.79 Å². The molecule has 1 amide bonds. The van der Waals surface area contributed by atoms with E-state index < -0.39 is 0 Å². The van der Waals surface area contributed by atoms with Crippen molar-refractivity contribution in [2.24, 2.45) is 0 Å². The number of carbonyl (C=O) groups is 1. The van der Waals surface area contributed by atoms with Crippen LogP contribution in [0.15, 0.2) is 18.3 Å². The zero-order valence-corrected chi connectivity index (χ0v) is 16.7. The Hall–Kier alpha value is -1.99. The van der Waals surface area contributed by atoms with E-state index in [1.165, 1.54) is 11.3 Å². The average molecular weight is 375 g/mol. The first-order chi connectivity index (χ1) is 12.4. The van der Waals surface area contributed by atoms with Gasteiger partial charge in [-0.2, -0.15) is 0 Å². The van der Waals surface area contributed by atoms with Gasteiger partial charge in [-0.15, -0.1) is 11.3 Å². The normalized spacial score (nSPS) is 15.2. The zero-order valence-electron chi connectivity index (χ0n) is 15.8. The number of thiazole rings is 1. The Morgan fingerprint density at radius 2 is 2.08 bits per heavy atom. The molecule has 2 aromatic heterocycles. The smallest absolute Gasteiger partial charge is 0.263 e. The van der Waals surface area contributed by atoms with Gasteiger partial charge in [0, 0.05) is 36.8 Å². The quantitative estimate of drug-likeness (QED) is 0.891. The van der Waals surface area contributed by atoms with Crippen LogP contribution < -0.4 is 10.2 Å². The minimum atomic E-state index is -0.0766. The number of hydrogen-bond donors (Lipinski definition) is 1. The zero-order chi connectivity index (χ0) is 18.7. The molecule has 6 nitrogen and oxygen atoms in total. The molecule has 1 N–H and O–H groups in total. The van der Waals surface area contributed by atoms with Crippen molar-refractivity contribution in [1.82, 2.24) is 15.3 Å². The van der Waals surface area contributed by atoms with Crippen LogP contribution in [-0.4, -0.2) is 42.2 Å². The number of hydrogen-bond acceptors (Lipinski definition) is 6. The van der Waals surface area contributed by atoms with Crippen molar-refractivity contribution in [2.45, 2.75) is 39.7 Å². The van der Waals surface area contributed by atoms with Crippen LogP contribution >= 0.6 is 11.3 Å². The van der Waals surface area contributed by atoms with Crippen LogP contribution in [0.5, 0.6) is 0 Å². The van der Waals surface area contributed by atoms with Gasteiger partial charge in [0.15, 0.2) is 0 Å². The van der Waals surface area contributed by atoms with Gasteiger partial charge < -0.3 is 15.0 Å². The molecule has 0 spiro atoms. The molecule has 2 aromatic rings. The number of aromatic nitrogens is 2. The fraction of sp³-hybridized carbons (Fsp3) is 0.526. The van der Waals surface area contributed by atoms with E-state index in [9.17, 15) is 4.79 Å². The molecule has 1 aliphatic heterocycles. The van der Waals surface area contributed by atoms with Crippen LogP contribution in [0.3, 0.4) is 0 Å². The van der Waals surface area contributed by atoms with Gasteiger partial charge in [0.1, 0.15) is 10.7 Å². The number of anilines is 1. The predicted molar refractivity (Wildman–Crippen MR) is 104 cm³/mol. The summed E-state index contributed by atoms with van der Waals surface area (Å²) >= 11 is 1.48. The third kappa shape index (κ3) is 4.22. The lowest BCUT2D eigenvalue weighted by atomic mass is 9.98. The van der Waals surface area contributed by atoms with E-state index in [1.54, 1.807) is 6.20 Å². The second-order valence-corrected chi connectivity index (χ2v) is 8.45. The van der Waals surface area contributed by atoms with Crippen molar-refractivity contribution in [2.75, 3.05) is 31.2 Å². The Labute approximate surface area is 158 Å². The van der Waals surface area contributed by atoms with E-state index in [-0.39, 0.29) is 11.3 Å². The minimum absolute atomic E-state index is 0.0548. The molecule has 1 saturated heterocycles.